The van der Waals surface area contributed by atoms with E-state index in [1.807, 2.05) is 43.0 Å². The summed E-state index contributed by atoms with van der Waals surface area (Å²) in [5.74, 6) is 0.0274. The van der Waals surface area contributed by atoms with Gasteiger partial charge in [0.2, 0.25) is 11.6 Å². The standard InChI is InChI=1S/C22H32N6O2/c1-5-26(6-2)13-7-8-17(4)23-20(29)19-21(30)28-15-14-27(22(28)25-24-19)18-11-9-16(3)10-12-18/h9-12,17H,5-8,13-15H2,1-4H3,(H,23,29). The molecule has 162 valence electrons. The highest BCUT2D eigenvalue weighted by Gasteiger charge is 2.27. The summed E-state index contributed by atoms with van der Waals surface area (Å²) in [5.41, 5.74) is 1.60. The van der Waals surface area contributed by atoms with E-state index in [2.05, 4.69) is 34.3 Å². The molecular formula is C22H32N6O2. The zero-order chi connectivity index (χ0) is 21.7. The van der Waals surface area contributed by atoms with Crippen LogP contribution in [-0.4, -0.2) is 57.8 Å². The van der Waals surface area contributed by atoms with Gasteiger partial charge in [0.05, 0.1) is 0 Å². The first-order valence-electron chi connectivity index (χ1n) is 10.8. The second kappa shape index (κ2) is 9.84. The third kappa shape index (κ3) is 4.87. The third-order valence-corrected chi connectivity index (χ3v) is 5.66. The van der Waals surface area contributed by atoms with E-state index in [-0.39, 0.29) is 17.3 Å². The van der Waals surface area contributed by atoms with Crippen molar-refractivity contribution in [2.24, 2.45) is 0 Å². The Balaban J connectivity index is 1.66. The molecule has 1 amide bonds. The molecule has 0 spiro atoms. The molecule has 1 aliphatic rings. The Bertz CT molecular complexity index is 920. The van der Waals surface area contributed by atoms with Gasteiger partial charge in [0, 0.05) is 24.8 Å². The molecule has 3 rings (SSSR count). The Kier molecular flexibility index (Phi) is 7.20. The van der Waals surface area contributed by atoms with Crippen LogP contribution in [0.1, 0.15) is 49.7 Å². The molecule has 0 fully saturated rings. The fourth-order valence-corrected chi connectivity index (χ4v) is 3.75. The van der Waals surface area contributed by atoms with Crippen molar-refractivity contribution in [3.05, 3.63) is 45.9 Å². The Morgan fingerprint density at radius 2 is 1.87 bits per heavy atom. The number of carbonyl (C=O) groups is 1. The van der Waals surface area contributed by atoms with E-state index in [4.69, 9.17) is 0 Å². The Labute approximate surface area is 177 Å². The number of benzene rings is 1. The molecular weight excluding hydrogens is 380 g/mol. The van der Waals surface area contributed by atoms with E-state index in [9.17, 15) is 9.59 Å². The molecule has 0 saturated carbocycles. The molecule has 0 saturated heterocycles. The van der Waals surface area contributed by atoms with Crippen molar-refractivity contribution in [3.63, 3.8) is 0 Å². The molecule has 0 bridgehead atoms. The van der Waals surface area contributed by atoms with E-state index in [1.54, 1.807) is 0 Å². The van der Waals surface area contributed by atoms with E-state index in [0.717, 1.165) is 38.2 Å². The zero-order valence-corrected chi connectivity index (χ0v) is 18.4. The highest BCUT2D eigenvalue weighted by atomic mass is 16.2. The lowest BCUT2D eigenvalue weighted by atomic mass is 10.1. The van der Waals surface area contributed by atoms with E-state index in [0.29, 0.717) is 19.0 Å². The minimum Gasteiger partial charge on any atom is -0.348 e. The van der Waals surface area contributed by atoms with Crippen LogP contribution in [0.5, 0.6) is 0 Å². The van der Waals surface area contributed by atoms with Crippen molar-refractivity contribution in [2.75, 3.05) is 31.1 Å². The Hall–Kier alpha value is -2.74. The first kappa shape index (κ1) is 22.0. The third-order valence-electron chi connectivity index (χ3n) is 5.66. The van der Waals surface area contributed by atoms with Crippen molar-refractivity contribution >= 4 is 17.5 Å². The number of anilines is 2. The highest BCUT2D eigenvalue weighted by Crippen LogP contribution is 2.26. The van der Waals surface area contributed by atoms with Crippen LogP contribution in [0.25, 0.3) is 0 Å². The van der Waals surface area contributed by atoms with Gasteiger partial charge >= 0.3 is 0 Å². The second-order valence-electron chi connectivity index (χ2n) is 7.84. The van der Waals surface area contributed by atoms with Gasteiger partial charge < -0.3 is 15.1 Å². The van der Waals surface area contributed by atoms with Gasteiger partial charge in [-0.25, -0.2) is 0 Å². The fourth-order valence-electron chi connectivity index (χ4n) is 3.75. The number of fused-ring (bicyclic) bond motifs is 1. The van der Waals surface area contributed by atoms with Crippen molar-refractivity contribution in [1.29, 1.82) is 0 Å². The quantitative estimate of drug-likeness (QED) is 0.681. The number of aryl methyl sites for hydroxylation is 1. The molecule has 1 aromatic carbocycles. The van der Waals surface area contributed by atoms with E-state index < -0.39 is 5.91 Å². The van der Waals surface area contributed by atoms with Crippen LogP contribution in [0, 0.1) is 6.92 Å². The number of hydrogen-bond donors (Lipinski definition) is 1. The smallest absolute Gasteiger partial charge is 0.286 e. The van der Waals surface area contributed by atoms with Crippen molar-refractivity contribution in [1.82, 2.24) is 25.0 Å². The summed E-state index contributed by atoms with van der Waals surface area (Å²) in [4.78, 5) is 29.8. The van der Waals surface area contributed by atoms with Gasteiger partial charge in [-0.3, -0.25) is 14.2 Å². The van der Waals surface area contributed by atoms with Gasteiger partial charge in [-0.05, 0) is 58.5 Å². The summed E-state index contributed by atoms with van der Waals surface area (Å²) in [6.45, 7) is 12.4. The van der Waals surface area contributed by atoms with Crippen LogP contribution in [-0.2, 0) is 6.54 Å². The Morgan fingerprint density at radius 3 is 2.53 bits per heavy atom. The normalized spacial score (nSPS) is 14.1. The lowest BCUT2D eigenvalue weighted by Crippen LogP contribution is -2.39. The van der Waals surface area contributed by atoms with Gasteiger partial charge in [-0.1, -0.05) is 31.5 Å². The van der Waals surface area contributed by atoms with Crippen LogP contribution >= 0.6 is 0 Å². The number of hydrogen-bond acceptors (Lipinski definition) is 6. The van der Waals surface area contributed by atoms with Gasteiger partial charge in [-0.2, -0.15) is 0 Å². The Morgan fingerprint density at radius 1 is 1.17 bits per heavy atom. The number of nitrogens with one attached hydrogen (secondary N) is 1. The number of rotatable bonds is 9. The zero-order valence-electron chi connectivity index (χ0n) is 18.4. The summed E-state index contributed by atoms with van der Waals surface area (Å²) in [5, 5.41) is 11.1. The molecule has 0 aliphatic carbocycles. The lowest BCUT2D eigenvalue weighted by Gasteiger charge is -2.19. The molecule has 8 heteroatoms. The molecule has 0 radical (unpaired) electrons. The average molecular weight is 413 g/mol. The summed E-state index contributed by atoms with van der Waals surface area (Å²) < 4.78 is 1.53. The first-order valence-corrected chi connectivity index (χ1v) is 10.8. The lowest BCUT2D eigenvalue weighted by molar-refractivity contribution is 0.0928. The van der Waals surface area contributed by atoms with Gasteiger partial charge in [-0.15, -0.1) is 10.2 Å². The summed E-state index contributed by atoms with van der Waals surface area (Å²) in [6.07, 6.45) is 1.84. The van der Waals surface area contributed by atoms with Gasteiger partial charge in [0.25, 0.3) is 11.5 Å². The SMILES string of the molecule is CCN(CC)CCCC(C)NC(=O)c1nnc2n(c1=O)CCN2c1ccc(C)cc1. The minimum atomic E-state index is -0.452. The largest absolute Gasteiger partial charge is 0.348 e. The van der Waals surface area contributed by atoms with Crippen LogP contribution in [0.2, 0.25) is 0 Å². The number of nitrogens with zero attached hydrogens (tertiary/aromatic N) is 5. The molecule has 1 unspecified atom stereocenters. The summed E-state index contributed by atoms with van der Waals surface area (Å²) >= 11 is 0. The molecule has 1 atom stereocenters. The molecule has 2 aromatic rings. The van der Waals surface area contributed by atoms with E-state index in [1.165, 1.54) is 10.1 Å². The van der Waals surface area contributed by atoms with Crippen molar-refractivity contribution in [2.45, 2.75) is 53.1 Å². The second-order valence-corrected chi connectivity index (χ2v) is 7.84. The maximum atomic E-state index is 12.9. The number of amides is 1. The molecule has 8 nitrogen and oxygen atoms in total. The molecule has 1 aromatic heterocycles. The topological polar surface area (TPSA) is 83.4 Å². The molecule has 1 aliphatic heterocycles. The van der Waals surface area contributed by atoms with Crippen molar-refractivity contribution in [3.8, 4) is 0 Å². The first-order chi connectivity index (χ1) is 14.4. The van der Waals surface area contributed by atoms with Crippen LogP contribution < -0.4 is 15.8 Å². The average Bonchev–Trinajstić information content (AvgIpc) is 3.17. The molecule has 2 heterocycles. The van der Waals surface area contributed by atoms with Crippen LogP contribution in [0.4, 0.5) is 11.6 Å². The minimum absolute atomic E-state index is 0.0310. The molecule has 30 heavy (non-hydrogen) atoms. The monoisotopic (exact) mass is 412 g/mol. The number of aromatic nitrogens is 3. The highest BCUT2D eigenvalue weighted by molar-refractivity contribution is 5.92. The maximum Gasteiger partial charge on any atom is 0.286 e. The van der Waals surface area contributed by atoms with Gasteiger partial charge in [0.15, 0.2) is 0 Å². The summed E-state index contributed by atoms with van der Waals surface area (Å²) in [6, 6.07) is 8.01. The predicted molar refractivity (Wildman–Crippen MR) is 118 cm³/mol. The molecule has 1 N–H and O–H groups in total. The van der Waals surface area contributed by atoms with Crippen LogP contribution in [0.3, 0.4) is 0 Å². The van der Waals surface area contributed by atoms with Crippen LogP contribution in [0.15, 0.2) is 29.1 Å². The fraction of sp³-hybridized carbons (Fsp3) is 0.545. The predicted octanol–water partition coefficient (Wildman–Crippen LogP) is 2.34. The van der Waals surface area contributed by atoms with Crippen molar-refractivity contribution < 1.29 is 4.79 Å². The van der Waals surface area contributed by atoms with E-state index >= 15 is 0 Å². The maximum absolute atomic E-state index is 12.9. The number of carbonyl (C=O) groups excluding carboxylic acids is 1. The summed E-state index contributed by atoms with van der Waals surface area (Å²) in [7, 11) is 0. The van der Waals surface area contributed by atoms with Gasteiger partial charge in [0.1, 0.15) is 0 Å².